The van der Waals surface area contributed by atoms with Crippen molar-refractivity contribution in [1.82, 2.24) is 39.9 Å². The van der Waals surface area contributed by atoms with Crippen LogP contribution in [0.1, 0.15) is 45.3 Å². The number of phosphoric acid groups is 3. The van der Waals surface area contributed by atoms with E-state index < -0.39 is 54.1 Å². The van der Waals surface area contributed by atoms with Gasteiger partial charge in [0.2, 0.25) is 11.8 Å². The minimum atomic E-state index is -5.74. The Kier molecular flexibility index (Phi) is 13.6. The van der Waals surface area contributed by atoms with Crippen LogP contribution in [0.2, 0.25) is 0 Å². The Bertz CT molecular complexity index is 2050. The Morgan fingerprint density at radius 3 is 2.38 bits per heavy atom. The van der Waals surface area contributed by atoms with Gasteiger partial charge in [-0.05, 0) is 32.8 Å². The minimum Gasteiger partial charge on any atom is -0.369 e. The summed E-state index contributed by atoms with van der Waals surface area (Å²) in [6, 6.07) is 7.72. The number of phosphoric ester groups is 1. The van der Waals surface area contributed by atoms with Crippen molar-refractivity contribution in [2.45, 2.75) is 64.2 Å². The molecule has 0 bridgehead atoms. The van der Waals surface area contributed by atoms with Crippen molar-refractivity contribution >= 4 is 62.2 Å². The SMILES string of the molecule is C.Cc1nnc(-c2ccc(CC(C)(C)SSCO[C@@H]3C[C@H](n4cnc5c(=O)[nH]c(N)nc54)O[C@@H]3COP(=O)(O)OP(=O)(O)OP(=O)(O)O)cc2)nn1. The normalized spacial score (nSPS) is 20.3. The zero-order valence-electron chi connectivity index (χ0n) is 26.8. The number of aryl methyl sites for hydroxylation is 1. The maximum Gasteiger partial charge on any atom is 0.490 e. The number of hydrogen-bond donors (Lipinski definition) is 6. The van der Waals surface area contributed by atoms with E-state index in [1.165, 1.54) is 21.7 Å². The van der Waals surface area contributed by atoms with Gasteiger partial charge in [-0.15, -0.1) is 20.4 Å². The van der Waals surface area contributed by atoms with Crippen LogP contribution < -0.4 is 11.3 Å². The highest BCUT2D eigenvalue weighted by atomic mass is 33.1. The Morgan fingerprint density at radius 2 is 1.73 bits per heavy atom. The Balaban J connectivity index is 0.00000605. The van der Waals surface area contributed by atoms with Crippen molar-refractivity contribution in [3.63, 3.8) is 0 Å². The van der Waals surface area contributed by atoms with E-state index in [0.29, 0.717) is 18.1 Å². The molecule has 27 heteroatoms. The van der Waals surface area contributed by atoms with Gasteiger partial charge < -0.3 is 34.8 Å². The van der Waals surface area contributed by atoms with Crippen LogP contribution in [0, 0.1) is 6.92 Å². The predicted molar refractivity (Wildman–Crippen MR) is 188 cm³/mol. The average molecular weight is 828 g/mol. The highest BCUT2D eigenvalue weighted by Crippen LogP contribution is 2.66. The lowest BCUT2D eigenvalue weighted by molar-refractivity contribution is -0.0522. The summed E-state index contributed by atoms with van der Waals surface area (Å²) >= 11 is 0. The van der Waals surface area contributed by atoms with Gasteiger partial charge in [-0.25, -0.2) is 18.7 Å². The monoisotopic (exact) mass is 827 g/mol. The lowest BCUT2D eigenvalue weighted by atomic mass is 10.0. The molecule has 3 aromatic heterocycles. The molecule has 5 rings (SSSR count). The third-order valence-corrected chi connectivity index (χ3v) is 13.5. The molecule has 5 atom stereocenters. The fraction of sp³-hybridized carbons (Fsp3) is 0.480. The van der Waals surface area contributed by atoms with Crippen molar-refractivity contribution in [2.24, 2.45) is 0 Å². The Hall–Kier alpha value is -2.66. The van der Waals surface area contributed by atoms with Gasteiger partial charge in [0.05, 0.1) is 19.0 Å². The number of H-pyrrole nitrogens is 1. The van der Waals surface area contributed by atoms with Crippen LogP contribution in [0.25, 0.3) is 22.6 Å². The fourth-order valence-electron chi connectivity index (χ4n) is 4.81. The number of nitrogens with zero attached hydrogens (tertiary/aromatic N) is 7. The predicted octanol–water partition coefficient (Wildman–Crippen LogP) is 3.27. The molecular formula is C25H36N9O13P3S2. The van der Waals surface area contributed by atoms with E-state index >= 15 is 0 Å². The van der Waals surface area contributed by atoms with Crippen LogP contribution in [-0.2, 0) is 42.7 Å². The number of aromatic nitrogens is 8. The number of aromatic amines is 1. The second-order valence-corrected chi connectivity index (χ2v) is 18.8. The molecule has 4 heterocycles. The largest absolute Gasteiger partial charge is 0.490 e. The Labute approximate surface area is 303 Å². The fourth-order valence-corrected chi connectivity index (χ4v) is 10.1. The molecular weight excluding hydrogens is 791 g/mol. The van der Waals surface area contributed by atoms with Gasteiger partial charge >= 0.3 is 23.5 Å². The molecule has 2 unspecified atom stereocenters. The van der Waals surface area contributed by atoms with E-state index in [2.05, 4.69) is 57.8 Å². The lowest BCUT2D eigenvalue weighted by Gasteiger charge is -2.24. The summed E-state index contributed by atoms with van der Waals surface area (Å²) in [5.74, 6) is 0.829. The highest BCUT2D eigenvalue weighted by molar-refractivity contribution is 8.77. The van der Waals surface area contributed by atoms with Gasteiger partial charge in [-0.1, -0.05) is 53.3 Å². The molecule has 0 spiro atoms. The number of anilines is 1. The van der Waals surface area contributed by atoms with E-state index in [0.717, 1.165) is 11.1 Å². The molecule has 1 fully saturated rings. The first-order valence-corrected chi connectivity index (χ1v) is 21.3. The first-order valence-electron chi connectivity index (χ1n) is 14.5. The van der Waals surface area contributed by atoms with E-state index in [4.69, 9.17) is 29.5 Å². The number of nitrogens with two attached hydrogens (primary N) is 1. The summed E-state index contributed by atoms with van der Waals surface area (Å²) < 4.78 is 60.8. The van der Waals surface area contributed by atoms with Gasteiger partial charge in [0.25, 0.3) is 5.56 Å². The molecule has 52 heavy (non-hydrogen) atoms. The number of benzene rings is 1. The summed E-state index contributed by atoms with van der Waals surface area (Å²) in [6.45, 7) is 5.06. The van der Waals surface area contributed by atoms with Gasteiger partial charge in [-0.2, -0.15) is 13.6 Å². The van der Waals surface area contributed by atoms with Gasteiger partial charge in [0.15, 0.2) is 17.0 Å². The molecule has 1 aliphatic rings. The number of nitrogens with one attached hydrogen (secondary N) is 1. The maximum atomic E-state index is 12.4. The van der Waals surface area contributed by atoms with Crippen LogP contribution in [0.4, 0.5) is 5.95 Å². The van der Waals surface area contributed by atoms with E-state index in [1.54, 1.807) is 17.7 Å². The quantitative estimate of drug-likeness (QED) is 0.0408. The number of nitrogen functional groups attached to an aromatic ring is 1. The zero-order valence-corrected chi connectivity index (χ0v) is 31.1. The molecule has 7 N–H and O–H groups in total. The number of fused-ring (bicyclic) bond motifs is 1. The zero-order chi connectivity index (χ0) is 37.2. The standard InChI is InChI=1S/C24H32N9O13P3S2.CH4/c1-13-29-31-20(32-30-13)15-6-4-14(5-7-15)9-24(2,3)51-50-12-42-16-8-18(33-11-26-19-21(33)27-23(25)28-22(19)34)44-17(16)10-43-48(38,39)46-49(40,41)45-47(35,36)37;/h4-7,11,16-18H,8-10,12H2,1-3H3,(H,38,39)(H,40,41)(H2,35,36,37)(H3,25,27,28,34);1H4/t16-,17-,18-;/m1./s1. The summed E-state index contributed by atoms with van der Waals surface area (Å²) in [4.78, 5) is 59.9. The average Bonchev–Trinajstić information content (AvgIpc) is 3.61. The molecule has 1 aromatic carbocycles. The molecule has 4 aromatic rings. The van der Waals surface area contributed by atoms with Crippen LogP contribution >= 0.6 is 45.1 Å². The minimum absolute atomic E-state index is 0. The first-order chi connectivity index (χ1) is 23.8. The topological polar surface area (TPSA) is 319 Å². The summed E-state index contributed by atoms with van der Waals surface area (Å²) in [7, 11) is -13.8. The van der Waals surface area contributed by atoms with E-state index in [-0.39, 0.29) is 41.6 Å². The molecule has 286 valence electrons. The van der Waals surface area contributed by atoms with Gasteiger partial charge in [0, 0.05) is 16.7 Å². The molecule has 22 nitrogen and oxygen atoms in total. The first kappa shape index (κ1) is 42.1. The molecule has 1 saturated heterocycles. The van der Waals surface area contributed by atoms with Crippen LogP contribution in [0.3, 0.4) is 0 Å². The van der Waals surface area contributed by atoms with Crippen LogP contribution in [0.15, 0.2) is 35.4 Å². The second kappa shape index (κ2) is 16.8. The second-order valence-electron chi connectivity index (χ2n) is 11.5. The third kappa shape index (κ3) is 11.7. The number of imidazole rings is 1. The lowest BCUT2D eigenvalue weighted by Crippen LogP contribution is -2.29. The van der Waals surface area contributed by atoms with Gasteiger partial charge in [-0.3, -0.25) is 18.9 Å². The molecule has 0 amide bonds. The number of hydrogen-bond acceptors (Lipinski definition) is 18. The van der Waals surface area contributed by atoms with E-state index in [9.17, 15) is 28.3 Å². The molecule has 0 radical (unpaired) electrons. The van der Waals surface area contributed by atoms with Crippen molar-refractivity contribution < 1.29 is 55.9 Å². The van der Waals surface area contributed by atoms with Crippen LogP contribution in [-0.4, -0.2) is 89.0 Å². The number of ether oxygens (including phenoxy) is 2. The molecule has 1 aliphatic heterocycles. The summed E-state index contributed by atoms with van der Waals surface area (Å²) in [5, 5.41) is 16.0. The smallest absolute Gasteiger partial charge is 0.369 e. The van der Waals surface area contributed by atoms with Crippen molar-refractivity contribution in [3.8, 4) is 11.4 Å². The van der Waals surface area contributed by atoms with Gasteiger partial charge in [0.1, 0.15) is 18.3 Å². The third-order valence-electron chi connectivity index (χ3n) is 6.79. The summed E-state index contributed by atoms with van der Waals surface area (Å²) in [6.07, 6.45) is -0.748. The number of rotatable bonds is 16. The van der Waals surface area contributed by atoms with Crippen molar-refractivity contribution in [1.29, 1.82) is 0 Å². The Morgan fingerprint density at radius 1 is 1.06 bits per heavy atom. The van der Waals surface area contributed by atoms with Crippen molar-refractivity contribution in [3.05, 3.63) is 52.3 Å². The highest BCUT2D eigenvalue weighted by Gasteiger charge is 2.44. The maximum absolute atomic E-state index is 12.4. The molecule has 0 saturated carbocycles. The summed E-state index contributed by atoms with van der Waals surface area (Å²) in [5.41, 5.74) is 7.02. The van der Waals surface area contributed by atoms with E-state index in [1.807, 2.05) is 24.3 Å². The van der Waals surface area contributed by atoms with Crippen molar-refractivity contribution in [2.75, 3.05) is 18.3 Å². The molecule has 0 aliphatic carbocycles. The van der Waals surface area contributed by atoms with Crippen LogP contribution in [0.5, 0.6) is 0 Å².